The molecule has 204 valence electrons. The van der Waals surface area contributed by atoms with Gasteiger partial charge >= 0.3 is 6.18 Å². The summed E-state index contributed by atoms with van der Waals surface area (Å²) in [6.07, 6.45) is -1.27. The van der Waals surface area contributed by atoms with Crippen molar-refractivity contribution in [2.75, 3.05) is 13.2 Å². The molecule has 0 unspecified atom stereocenters. The molecule has 0 bridgehead atoms. The standard InChI is InChI=1S/C28H25F3N2O5S/c29-28(30,31)18-37-22-10-8-20(9-11-22)23-16-19(13-14-32-23)7-12-25(34)24-5-3-15-33(24)39(35,36)27-17-21-4-1-2-6-26(21)38-27/h1-2,4,6,8-11,13-14,16-17,24H,3,5,7,12,15,18H2/t24-/m0/s1. The van der Waals surface area contributed by atoms with Crippen LogP contribution in [-0.2, 0) is 21.2 Å². The highest BCUT2D eigenvalue weighted by Crippen LogP contribution is 2.31. The van der Waals surface area contributed by atoms with Crippen molar-refractivity contribution in [1.29, 1.82) is 0 Å². The zero-order valence-electron chi connectivity index (χ0n) is 20.7. The number of Topliss-reactive ketones (excluding diaryl/α,β-unsaturated/α-hetero) is 1. The highest BCUT2D eigenvalue weighted by atomic mass is 32.2. The van der Waals surface area contributed by atoms with Gasteiger partial charge in [-0.2, -0.15) is 17.5 Å². The maximum Gasteiger partial charge on any atom is 0.422 e. The zero-order valence-corrected chi connectivity index (χ0v) is 21.5. The first kappa shape index (κ1) is 26.9. The maximum atomic E-state index is 13.3. The van der Waals surface area contributed by atoms with E-state index < -0.39 is 28.8 Å². The van der Waals surface area contributed by atoms with Gasteiger partial charge in [0.15, 0.2) is 12.4 Å². The number of carbonyl (C=O) groups is 1. The number of ether oxygens (including phenoxy) is 1. The SMILES string of the molecule is O=C(CCc1ccnc(-c2ccc(OCC(F)(F)F)cc2)c1)[C@@H]1CCCN1S(=O)(=O)c1cc2ccccc2o1. The molecule has 7 nitrogen and oxygen atoms in total. The van der Waals surface area contributed by atoms with Crippen molar-refractivity contribution < 1.29 is 35.5 Å². The molecule has 4 aromatic rings. The van der Waals surface area contributed by atoms with Crippen LogP contribution < -0.4 is 4.74 Å². The van der Waals surface area contributed by atoms with Gasteiger partial charge in [-0.25, -0.2) is 8.42 Å². The largest absolute Gasteiger partial charge is 0.484 e. The molecule has 3 heterocycles. The van der Waals surface area contributed by atoms with E-state index in [0.717, 1.165) is 5.56 Å². The lowest BCUT2D eigenvalue weighted by molar-refractivity contribution is -0.153. The zero-order chi connectivity index (χ0) is 27.6. The Hall–Kier alpha value is -3.70. The predicted octanol–water partition coefficient (Wildman–Crippen LogP) is 5.79. The van der Waals surface area contributed by atoms with Gasteiger partial charge < -0.3 is 9.15 Å². The quantitative estimate of drug-likeness (QED) is 0.258. The Labute approximate surface area is 223 Å². The van der Waals surface area contributed by atoms with Crippen LogP contribution in [0.25, 0.3) is 22.2 Å². The van der Waals surface area contributed by atoms with Gasteiger partial charge in [-0.05, 0) is 67.3 Å². The molecule has 1 aliphatic rings. The topological polar surface area (TPSA) is 89.7 Å². The molecular formula is C28H25F3N2O5S. The highest BCUT2D eigenvalue weighted by molar-refractivity contribution is 7.89. The number of hydrogen-bond donors (Lipinski definition) is 0. The van der Waals surface area contributed by atoms with E-state index >= 15 is 0 Å². The fraction of sp³-hybridized carbons (Fsp3) is 0.286. The molecule has 1 saturated heterocycles. The van der Waals surface area contributed by atoms with E-state index in [2.05, 4.69) is 4.98 Å². The van der Waals surface area contributed by atoms with Gasteiger partial charge in [0.05, 0.1) is 11.7 Å². The fourth-order valence-electron chi connectivity index (χ4n) is 4.66. The molecule has 1 aliphatic heterocycles. The Morgan fingerprint density at radius 3 is 2.59 bits per heavy atom. The molecule has 1 atom stereocenters. The van der Waals surface area contributed by atoms with E-state index in [9.17, 15) is 26.4 Å². The first-order valence-corrected chi connectivity index (χ1v) is 13.8. The van der Waals surface area contributed by atoms with E-state index in [0.29, 0.717) is 41.5 Å². The van der Waals surface area contributed by atoms with Crippen LogP contribution in [0.1, 0.15) is 24.8 Å². The molecule has 0 amide bonds. The number of para-hydroxylation sites is 1. The molecule has 5 rings (SSSR count). The van der Waals surface area contributed by atoms with Crippen molar-refractivity contribution in [1.82, 2.24) is 9.29 Å². The van der Waals surface area contributed by atoms with Crippen LogP contribution in [0.5, 0.6) is 5.75 Å². The predicted molar refractivity (Wildman–Crippen MR) is 138 cm³/mol. The Morgan fingerprint density at radius 2 is 1.85 bits per heavy atom. The third-order valence-electron chi connectivity index (χ3n) is 6.58. The Bertz CT molecular complexity index is 1550. The first-order chi connectivity index (χ1) is 18.6. The summed E-state index contributed by atoms with van der Waals surface area (Å²) in [4.78, 5) is 17.5. The minimum Gasteiger partial charge on any atom is -0.484 e. The summed E-state index contributed by atoms with van der Waals surface area (Å²) in [5, 5.41) is 0.507. The van der Waals surface area contributed by atoms with Gasteiger partial charge in [0.25, 0.3) is 10.0 Å². The number of aromatic nitrogens is 1. The van der Waals surface area contributed by atoms with Crippen molar-refractivity contribution in [2.24, 2.45) is 0 Å². The smallest absolute Gasteiger partial charge is 0.422 e. The summed E-state index contributed by atoms with van der Waals surface area (Å²) in [7, 11) is -3.97. The van der Waals surface area contributed by atoms with Crippen LogP contribution in [0, 0.1) is 0 Å². The average molecular weight is 559 g/mol. The number of benzene rings is 2. The number of ketones is 1. The molecule has 11 heteroatoms. The number of pyridine rings is 1. The monoisotopic (exact) mass is 558 g/mol. The Balaban J connectivity index is 1.24. The third-order valence-corrected chi connectivity index (χ3v) is 8.34. The minimum atomic E-state index is -4.42. The summed E-state index contributed by atoms with van der Waals surface area (Å²) in [6, 6.07) is 17.4. The van der Waals surface area contributed by atoms with Crippen LogP contribution in [0.3, 0.4) is 0 Å². The van der Waals surface area contributed by atoms with Crippen LogP contribution in [0.15, 0.2) is 82.4 Å². The number of furan rings is 1. The molecule has 0 saturated carbocycles. The van der Waals surface area contributed by atoms with Gasteiger partial charge in [0.2, 0.25) is 5.09 Å². The molecule has 2 aromatic carbocycles. The van der Waals surface area contributed by atoms with E-state index in [1.54, 1.807) is 54.7 Å². The van der Waals surface area contributed by atoms with Crippen molar-refractivity contribution >= 4 is 26.8 Å². The molecule has 0 radical (unpaired) electrons. The number of fused-ring (bicyclic) bond motifs is 1. The third kappa shape index (κ3) is 6.15. The molecule has 0 aliphatic carbocycles. The number of sulfonamides is 1. The number of hydrogen-bond acceptors (Lipinski definition) is 6. The van der Waals surface area contributed by atoms with Crippen molar-refractivity contribution in [2.45, 2.75) is 43.0 Å². The minimum absolute atomic E-state index is 0.0940. The highest BCUT2D eigenvalue weighted by Gasteiger charge is 2.40. The molecular weight excluding hydrogens is 533 g/mol. The number of halogens is 3. The number of alkyl halides is 3. The second-order valence-corrected chi connectivity index (χ2v) is 11.1. The number of rotatable bonds is 9. The number of nitrogens with zero attached hydrogens (tertiary/aromatic N) is 2. The van der Waals surface area contributed by atoms with Gasteiger partial charge in [-0.3, -0.25) is 9.78 Å². The van der Waals surface area contributed by atoms with Crippen molar-refractivity contribution in [3.63, 3.8) is 0 Å². The van der Waals surface area contributed by atoms with Crippen molar-refractivity contribution in [3.8, 4) is 17.0 Å². The lowest BCUT2D eigenvalue weighted by atomic mass is 10.0. The summed E-state index contributed by atoms with van der Waals surface area (Å²) in [6.45, 7) is -1.12. The summed E-state index contributed by atoms with van der Waals surface area (Å²) >= 11 is 0. The van der Waals surface area contributed by atoms with Gasteiger partial charge in [0.1, 0.15) is 11.3 Å². The van der Waals surface area contributed by atoms with E-state index in [1.165, 1.54) is 22.5 Å². The second kappa shape index (κ2) is 10.8. The molecule has 0 spiro atoms. The van der Waals surface area contributed by atoms with E-state index in [1.807, 2.05) is 0 Å². The maximum absolute atomic E-state index is 13.3. The molecule has 1 fully saturated rings. The fourth-order valence-corrected chi connectivity index (χ4v) is 6.29. The molecule has 2 aromatic heterocycles. The normalized spacial score (nSPS) is 16.5. The molecule has 39 heavy (non-hydrogen) atoms. The number of aryl methyl sites for hydroxylation is 1. The van der Waals surface area contributed by atoms with E-state index in [-0.39, 0.29) is 29.6 Å². The second-order valence-electron chi connectivity index (χ2n) is 9.32. The summed E-state index contributed by atoms with van der Waals surface area (Å²) in [5.41, 5.74) is 2.57. The van der Waals surface area contributed by atoms with Crippen LogP contribution >= 0.6 is 0 Å². The van der Waals surface area contributed by atoms with Crippen LogP contribution in [-0.4, -0.2) is 48.9 Å². The molecule has 0 N–H and O–H groups in total. The Kier molecular flexibility index (Phi) is 7.46. The lowest BCUT2D eigenvalue weighted by Crippen LogP contribution is -2.40. The van der Waals surface area contributed by atoms with Crippen LogP contribution in [0.4, 0.5) is 13.2 Å². The Morgan fingerprint density at radius 1 is 1.08 bits per heavy atom. The van der Waals surface area contributed by atoms with Gasteiger partial charge in [-0.15, -0.1) is 0 Å². The first-order valence-electron chi connectivity index (χ1n) is 12.4. The van der Waals surface area contributed by atoms with Crippen LogP contribution in [0.2, 0.25) is 0 Å². The van der Waals surface area contributed by atoms with E-state index in [4.69, 9.17) is 9.15 Å². The van der Waals surface area contributed by atoms with Gasteiger partial charge in [-0.1, -0.05) is 18.2 Å². The summed E-state index contributed by atoms with van der Waals surface area (Å²) in [5.74, 6) is -0.0757. The average Bonchev–Trinajstić information content (AvgIpc) is 3.59. The number of carbonyl (C=O) groups excluding carboxylic acids is 1. The summed E-state index contributed by atoms with van der Waals surface area (Å²) < 4.78 is 75.3. The lowest BCUT2D eigenvalue weighted by Gasteiger charge is -2.21. The van der Waals surface area contributed by atoms with Crippen molar-refractivity contribution in [3.05, 3.63) is 78.5 Å². The van der Waals surface area contributed by atoms with Gasteiger partial charge in [0, 0.05) is 36.2 Å².